The number of aryl methyl sites for hydroxylation is 5. The highest BCUT2D eigenvalue weighted by Crippen LogP contribution is 2.31. The summed E-state index contributed by atoms with van der Waals surface area (Å²) in [6.45, 7) is 32.2. The number of amides is 1. The van der Waals surface area contributed by atoms with Crippen molar-refractivity contribution >= 4 is 44.8 Å². The Balaban J connectivity index is 0.000000517. The highest BCUT2D eigenvalue weighted by molar-refractivity contribution is 6.01. The van der Waals surface area contributed by atoms with E-state index < -0.39 is 0 Å². The third kappa shape index (κ3) is 21.1. The smallest absolute Gasteiger partial charge is 0.252 e. The van der Waals surface area contributed by atoms with Crippen LogP contribution in [0.15, 0.2) is 109 Å². The van der Waals surface area contributed by atoms with Crippen LogP contribution in [0.3, 0.4) is 0 Å². The molecule has 70 heavy (non-hydrogen) atoms. The molecule has 0 fully saturated rings. The Kier molecular flexibility index (Phi) is 30.8. The molecule has 1 unspecified atom stereocenters. The molecular weight excluding hydrogens is 859 g/mol. The van der Waals surface area contributed by atoms with Gasteiger partial charge in [0.05, 0.1) is 6.04 Å². The van der Waals surface area contributed by atoms with Crippen LogP contribution in [0.4, 0.5) is 0 Å². The third-order valence-corrected chi connectivity index (χ3v) is 12.2. The standard InChI is InChI=1S/C26H27NO3.C18H24.C11H14O.2C4H10.C2H6/c1-16-9-11-20(12-10-17(2)28)13-24(16)26(30)27-18(3)25-15-22(19(4)29)14-21-7-5-6-8-23(21)25;1-4-5-6-10-16-13-12-15-9-7-8-11-17(15)18(16)14(2)3;1-4-10-6-5-8(2)11(7-10)9(3)12;2*1-3-4-2;1-2/h5-9,11,13-15,18H,10,12H2,1-4H3,(H,27,30);7-9,11-14H,4-6,10H2,1-3H3;5-7H,4H2,1-3H3;2*3-4H2,1-2H3;1-2H3. The molecule has 0 aliphatic heterocycles. The molecule has 5 nitrogen and oxygen atoms in total. The van der Waals surface area contributed by atoms with Crippen LogP contribution >= 0.6 is 0 Å². The van der Waals surface area contributed by atoms with E-state index in [0.29, 0.717) is 29.9 Å². The average molecular weight is 950 g/mol. The largest absolute Gasteiger partial charge is 0.345 e. The number of hydrogen-bond donors (Lipinski definition) is 1. The van der Waals surface area contributed by atoms with E-state index in [4.69, 9.17) is 0 Å². The molecule has 6 aromatic carbocycles. The second-order valence-corrected chi connectivity index (χ2v) is 18.4. The molecule has 6 rings (SSSR count). The number of Topliss-reactive ketones (excluding diaryl/α,β-unsaturated/α-hetero) is 3. The summed E-state index contributed by atoms with van der Waals surface area (Å²) in [5.74, 6) is 0.722. The normalized spacial score (nSPS) is 10.6. The molecule has 0 aliphatic carbocycles. The lowest BCUT2D eigenvalue weighted by Crippen LogP contribution is -2.27. The molecule has 0 heterocycles. The second-order valence-electron chi connectivity index (χ2n) is 18.4. The first kappa shape index (κ1) is 62.3. The molecule has 0 aromatic heterocycles. The van der Waals surface area contributed by atoms with E-state index >= 15 is 0 Å². The number of fused-ring (bicyclic) bond motifs is 2. The van der Waals surface area contributed by atoms with Crippen molar-refractivity contribution < 1.29 is 19.2 Å². The van der Waals surface area contributed by atoms with E-state index in [2.05, 4.69) is 103 Å². The van der Waals surface area contributed by atoms with Crippen molar-refractivity contribution in [1.29, 1.82) is 0 Å². The SMILES string of the molecule is CC.CC(=O)CCc1ccc(C)c(C(=O)NC(C)c2cc(C(C)=O)cc3ccccc23)c1.CCCC.CCCC.CCCCCc1ccc2ccccc2c1C(C)C.CCc1ccc(C)c(C(C)=O)c1. The Labute approximate surface area is 425 Å². The first-order valence-corrected chi connectivity index (χ1v) is 26.5. The minimum atomic E-state index is -0.276. The Morgan fingerprint density at radius 2 is 1.07 bits per heavy atom. The molecule has 0 radical (unpaired) electrons. The average Bonchev–Trinajstić information content (AvgIpc) is 3.36. The second kappa shape index (κ2) is 34.6. The van der Waals surface area contributed by atoms with E-state index in [9.17, 15) is 19.2 Å². The lowest BCUT2D eigenvalue weighted by atomic mass is 9.89. The van der Waals surface area contributed by atoms with Gasteiger partial charge in [0.1, 0.15) is 5.78 Å². The number of carbonyl (C=O) groups excluding carboxylic acids is 4. The van der Waals surface area contributed by atoms with Crippen molar-refractivity contribution in [1.82, 2.24) is 5.32 Å². The molecule has 1 N–H and O–H groups in total. The van der Waals surface area contributed by atoms with Crippen LogP contribution in [0.1, 0.15) is 230 Å². The van der Waals surface area contributed by atoms with E-state index in [1.807, 2.05) is 101 Å². The molecule has 0 bridgehead atoms. The first-order valence-electron chi connectivity index (χ1n) is 26.5. The summed E-state index contributed by atoms with van der Waals surface area (Å²) < 4.78 is 0. The van der Waals surface area contributed by atoms with Crippen LogP contribution in [0.5, 0.6) is 0 Å². The predicted molar refractivity (Wildman–Crippen MR) is 304 cm³/mol. The van der Waals surface area contributed by atoms with Gasteiger partial charge >= 0.3 is 0 Å². The van der Waals surface area contributed by atoms with Crippen LogP contribution in [0, 0.1) is 13.8 Å². The van der Waals surface area contributed by atoms with Gasteiger partial charge in [0.15, 0.2) is 11.6 Å². The summed E-state index contributed by atoms with van der Waals surface area (Å²) in [5.41, 5.74) is 10.3. The van der Waals surface area contributed by atoms with Crippen molar-refractivity contribution in [3.05, 3.63) is 165 Å². The summed E-state index contributed by atoms with van der Waals surface area (Å²) >= 11 is 0. The molecule has 5 heteroatoms. The Bertz CT molecular complexity index is 2500. The maximum absolute atomic E-state index is 13.0. The van der Waals surface area contributed by atoms with Gasteiger partial charge in [0.2, 0.25) is 0 Å². The maximum atomic E-state index is 13.0. The van der Waals surface area contributed by atoms with Gasteiger partial charge in [0, 0.05) is 23.1 Å². The fourth-order valence-corrected chi connectivity index (χ4v) is 7.72. The molecule has 0 saturated carbocycles. The number of rotatable bonds is 16. The fourth-order valence-electron chi connectivity index (χ4n) is 7.72. The predicted octanol–water partition coefficient (Wildman–Crippen LogP) is 18.5. The molecule has 6 aromatic rings. The lowest BCUT2D eigenvalue weighted by molar-refractivity contribution is -0.117. The number of nitrogens with one attached hydrogen (secondary N) is 1. The van der Waals surface area contributed by atoms with Crippen LogP contribution in [0.25, 0.3) is 21.5 Å². The highest BCUT2D eigenvalue weighted by atomic mass is 16.2. The number of benzene rings is 6. The molecule has 1 atom stereocenters. The topological polar surface area (TPSA) is 80.3 Å². The van der Waals surface area contributed by atoms with Gasteiger partial charge in [-0.25, -0.2) is 0 Å². The molecule has 380 valence electrons. The van der Waals surface area contributed by atoms with Gasteiger partial charge in [-0.15, -0.1) is 0 Å². The van der Waals surface area contributed by atoms with E-state index in [0.717, 1.165) is 45.0 Å². The van der Waals surface area contributed by atoms with Gasteiger partial charge in [-0.3, -0.25) is 14.4 Å². The van der Waals surface area contributed by atoms with Gasteiger partial charge < -0.3 is 10.1 Å². The fraction of sp³-hybridized carbons (Fsp3) is 0.446. The quantitative estimate of drug-likeness (QED) is 0.0774. The zero-order valence-corrected chi connectivity index (χ0v) is 46.5. The minimum absolute atomic E-state index is 0.00505. The molecule has 0 spiro atoms. The summed E-state index contributed by atoms with van der Waals surface area (Å²) in [6.07, 6.45) is 12.5. The van der Waals surface area contributed by atoms with E-state index in [-0.39, 0.29) is 29.3 Å². The van der Waals surface area contributed by atoms with Crippen molar-refractivity contribution in [3.63, 3.8) is 0 Å². The summed E-state index contributed by atoms with van der Waals surface area (Å²) in [5, 5.41) is 7.90. The van der Waals surface area contributed by atoms with Gasteiger partial charge in [0.25, 0.3) is 5.91 Å². The highest BCUT2D eigenvalue weighted by Gasteiger charge is 2.18. The van der Waals surface area contributed by atoms with Crippen molar-refractivity contribution in [3.8, 4) is 0 Å². The van der Waals surface area contributed by atoms with Gasteiger partial charge in [-0.05, 0) is 158 Å². The molecule has 1 amide bonds. The van der Waals surface area contributed by atoms with Gasteiger partial charge in [-0.1, -0.05) is 193 Å². The Morgan fingerprint density at radius 1 is 0.529 bits per heavy atom. The number of unbranched alkanes of at least 4 members (excludes halogenated alkanes) is 4. The Morgan fingerprint density at radius 3 is 1.60 bits per heavy atom. The summed E-state index contributed by atoms with van der Waals surface area (Å²) in [7, 11) is 0. The van der Waals surface area contributed by atoms with Crippen LogP contribution < -0.4 is 5.32 Å². The van der Waals surface area contributed by atoms with E-state index in [1.54, 1.807) is 31.9 Å². The third-order valence-electron chi connectivity index (χ3n) is 12.2. The van der Waals surface area contributed by atoms with Crippen molar-refractivity contribution in [2.75, 3.05) is 0 Å². The Hall–Kier alpha value is -5.68. The lowest BCUT2D eigenvalue weighted by Gasteiger charge is -2.19. The zero-order chi connectivity index (χ0) is 52.8. The van der Waals surface area contributed by atoms with Crippen molar-refractivity contribution in [2.24, 2.45) is 0 Å². The molecular formula is C65H91NO4. The zero-order valence-electron chi connectivity index (χ0n) is 46.5. The number of hydrogen-bond acceptors (Lipinski definition) is 4. The molecule has 0 aliphatic rings. The first-order chi connectivity index (χ1) is 33.5. The number of ketones is 3. The monoisotopic (exact) mass is 950 g/mol. The summed E-state index contributed by atoms with van der Waals surface area (Å²) in [4.78, 5) is 47.5. The minimum Gasteiger partial charge on any atom is -0.345 e. The van der Waals surface area contributed by atoms with Crippen LogP contribution in [-0.2, 0) is 24.1 Å². The van der Waals surface area contributed by atoms with Crippen molar-refractivity contribution in [2.45, 2.75) is 193 Å². The number of carbonyl (C=O) groups is 4. The van der Waals surface area contributed by atoms with Gasteiger partial charge in [-0.2, -0.15) is 0 Å². The molecule has 0 saturated heterocycles. The summed E-state index contributed by atoms with van der Waals surface area (Å²) in [6, 6.07) is 36.6. The van der Waals surface area contributed by atoms with Crippen LogP contribution in [0.2, 0.25) is 0 Å². The van der Waals surface area contributed by atoms with Crippen LogP contribution in [-0.4, -0.2) is 23.3 Å². The maximum Gasteiger partial charge on any atom is 0.252 e. The van der Waals surface area contributed by atoms with E-state index in [1.165, 1.54) is 67.7 Å².